The fraction of sp³-hybridized carbons (Fsp3) is 0.364. The molecule has 0 saturated carbocycles. The molecule has 2 aliphatic rings. The highest BCUT2D eigenvalue weighted by Crippen LogP contribution is 2.27. The van der Waals surface area contributed by atoms with Gasteiger partial charge in [-0.2, -0.15) is 0 Å². The summed E-state index contributed by atoms with van der Waals surface area (Å²) in [6.45, 7) is 1.90. The van der Waals surface area contributed by atoms with Crippen molar-refractivity contribution in [2.45, 2.75) is 24.8 Å². The number of carbonyl (C=O) groups is 2. The zero-order chi connectivity index (χ0) is 19.5. The highest BCUT2D eigenvalue weighted by molar-refractivity contribution is 5.95. The summed E-state index contributed by atoms with van der Waals surface area (Å²) >= 11 is 0. The van der Waals surface area contributed by atoms with E-state index in [0.717, 1.165) is 18.7 Å². The van der Waals surface area contributed by atoms with Crippen molar-refractivity contribution in [1.82, 2.24) is 4.90 Å². The van der Waals surface area contributed by atoms with Crippen molar-refractivity contribution in [3.63, 3.8) is 0 Å². The third-order valence-electron chi connectivity index (χ3n) is 5.53. The number of nitrogens with two attached hydrogens (primary N) is 1. The van der Waals surface area contributed by atoms with Crippen LogP contribution in [0.4, 0.5) is 5.69 Å². The first-order chi connectivity index (χ1) is 13.6. The van der Waals surface area contributed by atoms with E-state index in [-0.39, 0.29) is 30.4 Å². The van der Waals surface area contributed by atoms with E-state index in [4.69, 9.17) is 10.5 Å². The minimum absolute atomic E-state index is 0.0176. The first-order valence-electron chi connectivity index (χ1n) is 9.73. The molecule has 6 nitrogen and oxygen atoms in total. The van der Waals surface area contributed by atoms with Crippen LogP contribution in [0.25, 0.3) is 0 Å². The number of carbonyl (C=O) groups excluding carboxylic acids is 2. The largest absolute Gasteiger partial charge is 0.484 e. The quantitative estimate of drug-likeness (QED) is 0.864. The number of hydrogen-bond donors (Lipinski definition) is 1. The van der Waals surface area contributed by atoms with E-state index < -0.39 is 0 Å². The van der Waals surface area contributed by atoms with Crippen LogP contribution < -0.4 is 15.4 Å². The Balaban J connectivity index is 1.31. The van der Waals surface area contributed by atoms with E-state index >= 15 is 0 Å². The van der Waals surface area contributed by atoms with Gasteiger partial charge in [0.2, 0.25) is 5.91 Å². The van der Waals surface area contributed by atoms with Crippen molar-refractivity contribution < 1.29 is 14.3 Å². The number of amides is 2. The Hall–Kier alpha value is -2.86. The van der Waals surface area contributed by atoms with E-state index in [1.54, 1.807) is 21.9 Å². The van der Waals surface area contributed by atoms with Crippen molar-refractivity contribution in [1.29, 1.82) is 0 Å². The van der Waals surface area contributed by atoms with Gasteiger partial charge in [-0.25, -0.2) is 0 Å². The van der Waals surface area contributed by atoms with Gasteiger partial charge in [-0.15, -0.1) is 0 Å². The zero-order valence-electron chi connectivity index (χ0n) is 15.8. The molecule has 146 valence electrons. The second-order valence-electron chi connectivity index (χ2n) is 7.41. The molecule has 0 radical (unpaired) electrons. The van der Waals surface area contributed by atoms with Gasteiger partial charge in [0.25, 0.3) is 5.91 Å². The monoisotopic (exact) mass is 379 g/mol. The predicted molar refractivity (Wildman–Crippen MR) is 107 cm³/mol. The summed E-state index contributed by atoms with van der Waals surface area (Å²) < 4.78 is 5.67. The molecule has 28 heavy (non-hydrogen) atoms. The molecule has 0 bridgehead atoms. The molecule has 2 heterocycles. The second-order valence-corrected chi connectivity index (χ2v) is 7.41. The van der Waals surface area contributed by atoms with Crippen LogP contribution >= 0.6 is 0 Å². The fourth-order valence-corrected chi connectivity index (χ4v) is 3.97. The summed E-state index contributed by atoms with van der Waals surface area (Å²) in [4.78, 5) is 27.9. The van der Waals surface area contributed by atoms with E-state index in [1.165, 1.54) is 5.56 Å². The number of anilines is 1. The standard InChI is InChI=1S/C22H25N3O3/c23-20-14-24(13-19(20)16-5-2-1-3-6-16)22(27)15-28-18-10-8-17(9-11-18)25-12-4-7-21(25)26/h1-3,5-6,8-11,19-20H,4,7,12-15,23H2/t19-,20+/m0/s1. The molecule has 2 saturated heterocycles. The maximum Gasteiger partial charge on any atom is 0.260 e. The Morgan fingerprint density at radius 3 is 2.50 bits per heavy atom. The average Bonchev–Trinajstić information content (AvgIpc) is 3.33. The number of benzene rings is 2. The van der Waals surface area contributed by atoms with Crippen LogP contribution in [0.1, 0.15) is 24.3 Å². The molecule has 0 aromatic heterocycles. The maximum absolute atomic E-state index is 12.6. The van der Waals surface area contributed by atoms with Crippen molar-refractivity contribution in [2.75, 3.05) is 31.1 Å². The van der Waals surface area contributed by atoms with Crippen LogP contribution in [-0.4, -0.2) is 49.0 Å². The lowest BCUT2D eigenvalue weighted by molar-refractivity contribution is -0.132. The van der Waals surface area contributed by atoms with Gasteiger partial charge in [0, 0.05) is 43.7 Å². The van der Waals surface area contributed by atoms with Gasteiger partial charge in [0.05, 0.1) is 0 Å². The highest BCUT2D eigenvalue weighted by Gasteiger charge is 2.33. The Labute approximate surface area is 164 Å². The van der Waals surface area contributed by atoms with Crippen molar-refractivity contribution >= 4 is 17.5 Å². The molecule has 0 unspecified atom stereocenters. The minimum Gasteiger partial charge on any atom is -0.484 e. The topological polar surface area (TPSA) is 75.9 Å². The van der Waals surface area contributed by atoms with Crippen LogP contribution in [0.3, 0.4) is 0 Å². The molecule has 2 atom stereocenters. The van der Waals surface area contributed by atoms with Crippen LogP contribution in [-0.2, 0) is 9.59 Å². The van der Waals surface area contributed by atoms with Crippen molar-refractivity contribution in [3.05, 3.63) is 60.2 Å². The van der Waals surface area contributed by atoms with E-state index in [0.29, 0.717) is 25.3 Å². The minimum atomic E-state index is -0.0661. The number of rotatable bonds is 5. The molecule has 0 spiro atoms. The van der Waals surface area contributed by atoms with Gasteiger partial charge in [-0.3, -0.25) is 9.59 Å². The van der Waals surface area contributed by atoms with Crippen LogP contribution in [0.5, 0.6) is 5.75 Å². The summed E-state index contributed by atoms with van der Waals surface area (Å²) in [6, 6.07) is 17.3. The van der Waals surface area contributed by atoms with Crippen LogP contribution in [0, 0.1) is 0 Å². The van der Waals surface area contributed by atoms with Crippen LogP contribution in [0.15, 0.2) is 54.6 Å². The molecule has 4 rings (SSSR count). The lowest BCUT2D eigenvalue weighted by Crippen LogP contribution is -2.35. The Bertz CT molecular complexity index is 838. The average molecular weight is 379 g/mol. The van der Waals surface area contributed by atoms with Gasteiger partial charge >= 0.3 is 0 Å². The lowest BCUT2D eigenvalue weighted by atomic mass is 9.95. The normalized spacial score (nSPS) is 22.0. The van der Waals surface area contributed by atoms with E-state index in [1.807, 2.05) is 30.3 Å². The molecular formula is C22H25N3O3. The lowest BCUT2D eigenvalue weighted by Gasteiger charge is -2.18. The van der Waals surface area contributed by atoms with Gasteiger partial charge in [0.15, 0.2) is 6.61 Å². The Morgan fingerprint density at radius 1 is 1.07 bits per heavy atom. The second kappa shape index (κ2) is 8.02. The summed E-state index contributed by atoms with van der Waals surface area (Å²) in [7, 11) is 0. The number of hydrogen-bond acceptors (Lipinski definition) is 4. The third kappa shape index (κ3) is 3.87. The van der Waals surface area contributed by atoms with Gasteiger partial charge in [0.1, 0.15) is 5.75 Å². The van der Waals surface area contributed by atoms with Crippen molar-refractivity contribution in [2.24, 2.45) is 5.73 Å². The van der Waals surface area contributed by atoms with Gasteiger partial charge in [-0.1, -0.05) is 30.3 Å². The molecule has 2 N–H and O–H groups in total. The van der Waals surface area contributed by atoms with Crippen LogP contribution in [0.2, 0.25) is 0 Å². The SMILES string of the molecule is N[C@@H]1CN(C(=O)COc2ccc(N3CCCC3=O)cc2)C[C@H]1c1ccccc1. The predicted octanol–water partition coefficient (Wildman–Crippen LogP) is 2.15. The molecule has 2 aromatic rings. The van der Waals surface area contributed by atoms with E-state index in [2.05, 4.69) is 12.1 Å². The fourth-order valence-electron chi connectivity index (χ4n) is 3.97. The molecular weight excluding hydrogens is 354 g/mol. The Kier molecular flexibility index (Phi) is 5.30. The summed E-state index contributed by atoms with van der Waals surface area (Å²) in [5.74, 6) is 0.865. The molecule has 2 amide bonds. The zero-order valence-corrected chi connectivity index (χ0v) is 15.8. The number of nitrogens with zero attached hydrogens (tertiary/aromatic N) is 2. The summed E-state index contributed by atoms with van der Waals surface area (Å²) in [5, 5.41) is 0. The summed E-state index contributed by atoms with van der Waals surface area (Å²) in [6.07, 6.45) is 1.50. The van der Waals surface area contributed by atoms with Gasteiger partial charge < -0.3 is 20.3 Å². The smallest absolute Gasteiger partial charge is 0.260 e. The summed E-state index contributed by atoms with van der Waals surface area (Å²) in [5.41, 5.74) is 8.30. The maximum atomic E-state index is 12.6. The number of ether oxygens (including phenoxy) is 1. The molecule has 2 aliphatic heterocycles. The molecule has 0 aliphatic carbocycles. The van der Waals surface area contributed by atoms with E-state index in [9.17, 15) is 9.59 Å². The highest BCUT2D eigenvalue weighted by atomic mass is 16.5. The molecule has 2 aromatic carbocycles. The molecule has 2 fully saturated rings. The first kappa shape index (κ1) is 18.5. The third-order valence-corrected chi connectivity index (χ3v) is 5.53. The first-order valence-corrected chi connectivity index (χ1v) is 9.73. The molecule has 6 heteroatoms. The number of likely N-dealkylation sites (tertiary alicyclic amines) is 1. The van der Waals surface area contributed by atoms with Crippen molar-refractivity contribution in [3.8, 4) is 5.75 Å². The van der Waals surface area contributed by atoms with Gasteiger partial charge in [-0.05, 0) is 36.2 Å². The Morgan fingerprint density at radius 2 is 1.82 bits per heavy atom.